The van der Waals surface area contributed by atoms with Crippen molar-refractivity contribution >= 4 is 76.0 Å². The minimum Gasteiger partial charge on any atom is -0.370 e. The summed E-state index contributed by atoms with van der Waals surface area (Å²) in [6, 6.07) is 6.77. The fraction of sp³-hybridized carbons (Fsp3) is 0.468. The van der Waals surface area contributed by atoms with Crippen molar-refractivity contribution in [1.29, 1.82) is 10.8 Å². The molecule has 1 aliphatic heterocycles. The summed E-state index contributed by atoms with van der Waals surface area (Å²) in [6.45, 7) is 2.89. The van der Waals surface area contributed by atoms with Crippen molar-refractivity contribution < 1.29 is 43.2 Å². The van der Waals surface area contributed by atoms with Gasteiger partial charge in [-0.15, -0.1) is 0 Å². The topological polar surface area (TPSA) is 415 Å². The first-order valence-corrected chi connectivity index (χ1v) is 23.7. The SMILES string of the molecule is CC(=O)N[C@@H](CCCNC(=N)N)C(=O)NC1CCCNC(=O)CCC(C(N)=O)NC(=O)[C@H](Cc2c[nH]c3ccccc23)NC(=O)[C@H](CCCNC(=N)N)NC(=O)C(Cc2ccccc2)NC(=O)[C@H](C)NC1=O. The summed E-state index contributed by atoms with van der Waals surface area (Å²) in [7, 11) is 0. The average Bonchev–Trinajstić information content (AvgIpc) is 3.74. The van der Waals surface area contributed by atoms with E-state index in [0.717, 1.165) is 10.9 Å². The Morgan fingerprint density at radius 3 is 2.01 bits per heavy atom. The molecule has 72 heavy (non-hydrogen) atoms. The van der Waals surface area contributed by atoms with E-state index in [4.69, 9.17) is 28.0 Å². The Hall–Kier alpha value is -8.25. The molecular formula is C47H68N16O9. The van der Waals surface area contributed by atoms with E-state index in [1.165, 1.54) is 13.8 Å². The molecule has 2 aromatic carbocycles. The van der Waals surface area contributed by atoms with Crippen LogP contribution >= 0.6 is 0 Å². The van der Waals surface area contributed by atoms with E-state index in [-0.39, 0.29) is 89.3 Å². The number of carbonyl (C=O) groups is 9. The first-order chi connectivity index (χ1) is 34.3. The fourth-order valence-electron chi connectivity index (χ4n) is 7.85. The Balaban J connectivity index is 1.71. The Labute approximate surface area is 416 Å². The van der Waals surface area contributed by atoms with Gasteiger partial charge in [0.1, 0.15) is 42.3 Å². The third kappa shape index (κ3) is 18.9. The first-order valence-electron chi connectivity index (χ1n) is 23.7. The van der Waals surface area contributed by atoms with Crippen molar-refractivity contribution in [3.8, 4) is 0 Å². The van der Waals surface area contributed by atoms with E-state index in [0.29, 0.717) is 17.5 Å². The Bertz CT molecular complexity index is 2410. The molecule has 1 aliphatic rings. The molecule has 1 fully saturated rings. The van der Waals surface area contributed by atoms with Crippen molar-refractivity contribution in [1.82, 2.24) is 58.2 Å². The number of H-pyrrole nitrogens is 1. The zero-order valence-corrected chi connectivity index (χ0v) is 40.4. The van der Waals surface area contributed by atoms with Crippen molar-refractivity contribution in [2.75, 3.05) is 19.6 Å². The van der Waals surface area contributed by atoms with Gasteiger partial charge in [-0.25, -0.2) is 0 Å². The van der Waals surface area contributed by atoms with Gasteiger partial charge in [-0.3, -0.25) is 54.0 Å². The van der Waals surface area contributed by atoms with Crippen LogP contribution in [0.1, 0.15) is 76.3 Å². The number of hydrogen-bond donors (Lipinski definition) is 16. The molecule has 3 unspecified atom stereocenters. The minimum atomic E-state index is -1.37. The van der Waals surface area contributed by atoms with Crippen molar-refractivity contribution in [3.63, 3.8) is 0 Å². The van der Waals surface area contributed by atoms with Crippen LogP contribution in [-0.4, -0.2) is 132 Å². The lowest BCUT2D eigenvalue weighted by molar-refractivity contribution is -0.135. The molecule has 19 N–H and O–H groups in total. The van der Waals surface area contributed by atoms with Crippen LogP contribution in [0.5, 0.6) is 0 Å². The van der Waals surface area contributed by atoms with Crippen LogP contribution in [0.4, 0.5) is 0 Å². The van der Waals surface area contributed by atoms with Gasteiger partial charge < -0.3 is 75.4 Å². The summed E-state index contributed by atoms with van der Waals surface area (Å²) in [4.78, 5) is 126. The maximum Gasteiger partial charge on any atom is 0.243 e. The molecule has 1 aromatic heterocycles. The number of fused-ring (bicyclic) bond motifs is 1. The van der Waals surface area contributed by atoms with Crippen LogP contribution in [0.25, 0.3) is 10.9 Å². The lowest BCUT2D eigenvalue weighted by atomic mass is 10.0. The summed E-state index contributed by atoms with van der Waals surface area (Å²) >= 11 is 0. The molecule has 7 atom stereocenters. The largest absolute Gasteiger partial charge is 0.370 e. The van der Waals surface area contributed by atoms with Gasteiger partial charge >= 0.3 is 0 Å². The van der Waals surface area contributed by atoms with Gasteiger partial charge in [0.2, 0.25) is 53.2 Å². The number of rotatable bonds is 16. The van der Waals surface area contributed by atoms with E-state index in [1.54, 1.807) is 42.6 Å². The number of nitrogens with one attached hydrogen (secondary N) is 13. The number of amides is 9. The second-order valence-corrected chi connectivity index (χ2v) is 17.4. The first kappa shape index (κ1) is 56.3. The maximum absolute atomic E-state index is 14.4. The fourth-order valence-corrected chi connectivity index (χ4v) is 7.85. The van der Waals surface area contributed by atoms with Crippen LogP contribution < -0.4 is 70.4 Å². The van der Waals surface area contributed by atoms with E-state index >= 15 is 0 Å². The van der Waals surface area contributed by atoms with Gasteiger partial charge in [0.25, 0.3) is 0 Å². The predicted molar refractivity (Wildman–Crippen MR) is 266 cm³/mol. The van der Waals surface area contributed by atoms with Crippen LogP contribution in [0.3, 0.4) is 0 Å². The Kier molecular flexibility index (Phi) is 22.2. The molecule has 0 saturated carbocycles. The molecule has 9 amide bonds. The molecule has 0 spiro atoms. The molecule has 2 heterocycles. The zero-order chi connectivity index (χ0) is 52.7. The van der Waals surface area contributed by atoms with Crippen LogP contribution in [0.2, 0.25) is 0 Å². The molecule has 3 aromatic rings. The summed E-state index contributed by atoms with van der Waals surface area (Å²) in [6.07, 6.45) is 1.53. The molecule has 25 nitrogen and oxygen atoms in total. The monoisotopic (exact) mass is 1000 g/mol. The second kappa shape index (κ2) is 28.4. The standard InChI is InChI=1S/C47H68N16O9/c1-26-40(67)62-36(23-28-11-4-3-5-12-28)44(71)61-35(17-10-22-55-47(51)52)43(70)63-37(24-29-25-56-31-14-7-6-13-30(29)31)45(72)59-32(39(48)66)18-19-38(65)53-20-8-16-34(41(68)57-26)60-42(69)33(58-27(2)64)15-9-21-54-46(49)50/h3-7,11-14,25-26,32-37,56H,8-10,15-24H2,1-2H3,(H2,48,66)(H,53,65)(H,57,68)(H,58,64)(H,59,72)(H,60,69)(H,61,71)(H,62,67)(H,63,70)(H4,49,50,54)(H4,51,52,55)/t26-,32?,33-,34?,35-,36?,37-/m0/s1. The number of para-hydroxylation sites is 1. The third-order valence-corrected chi connectivity index (χ3v) is 11.6. The van der Waals surface area contributed by atoms with Gasteiger partial charge in [-0.05, 0) is 69.1 Å². The number of nitrogens with two attached hydrogens (primary N) is 3. The Morgan fingerprint density at radius 1 is 0.722 bits per heavy atom. The second-order valence-electron chi connectivity index (χ2n) is 17.4. The van der Waals surface area contributed by atoms with E-state index in [1.807, 2.05) is 18.2 Å². The molecule has 0 radical (unpaired) electrons. The summed E-state index contributed by atoms with van der Waals surface area (Å²) < 4.78 is 0. The summed E-state index contributed by atoms with van der Waals surface area (Å²) in [5.41, 5.74) is 18.6. The number of aromatic nitrogens is 1. The predicted octanol–water partition coefficient (Wildman–Crippen LogP) is -2.91. The van der Waals surface area contributed by atoms with E-state index in [2.05, 4.69) is 58.2 Å². The lowest BCUT2D eigenvalue weighted by Crippen LogP contribution is -2.60. The summed E-state index contributed by atoms with van der Waals surface area (Å²) in [5, 5.41) is 42.2. The molecule has 1 saturated heterocycles. The highest BCUT2D eigenvalue weighted by Gasteiger charge is 2.34. The molecule has 25 heteroatoms. The molecular weight excluding hydrogens is 933 g/mol. The van der Waals surface area contributed by atoms with E-state index in [9.17, 15) is 43.2 Å². The number of primary amides is 1. The molecule has 0 bridgehead atoms. The molecule has 390 valence electrons. The Morgan fingerprint density at radius 2 is 1.33 bits per heavy atom. The molecule has 0 aliphatic carbocycles. The number of aromatic amines is 1. The number of carbonyl (C=O) groups excluding carboxylic acids is 9. The zero-order valence-electron chi connectivity index (χ0n) is 40.4. The number of benzene rings is 2. The van der Waals surface area contributed by atoms with Crippen molar-refractivity contribution in [2.45, 2.75) is 120 Å². The highest BCUT2D eigenvalue weighted by molar-refractivity contribution is 5.98. The summed E-state index contributed by atoms with van der Waals surface area (Å²) in [5.74, 6) is -7.43. The average molecular weight is 1000 g/mol. The highest BCUT2D eigenvalue weighted by atomic mass is 16.2. The van der Waals surface area contributed by atoms with Crippen LogP contribution in [0, 0.1) is 10.8 Å². The van der Waals surface area contributed by atoms with Gasteiger partial charge in [0.05, 0.1) is 0 Å². The molecule has 4 rings (SSSR count). The van der Waals surface area contributed by atoms with Gasteiger partial charge in [0, 0.05) is 62.9 Å². The lowest BCUT2D eigenvalue weighted by Gasteiger charge is -2.27. The van der Waals surface area contributed by atoms with Crippen molar-refractivity contribution in [2.24, 2.45) is 17.2 Å². The van der Waals surface area contributed by atoms with Crippen molar-refractivity contribution in [3.05, 3.63) is 71.9 Å². The smallest absolute Gasteiger partial charge is 0.243 e. The number of hydrogen-bond acceptors (Lipinski definition) is 11. The minimum absolute atomic E-state index is 0.0189. The van der Waals surface area contributed by atoms with Gasteiger partial charge in [0.15, 0.2) is 11.9 Å². The maximum atomic E-state index is 14.4. The quantitative estimate of drug-likeness (QED) is 0.0389. The van der Waals surface area contributed by atoms with Crippen LogP contribution in [0.15, 0.2) is 60.8 Å². The third-order valence-electron chi connectivity index (χ3n) is 11.6. The number of guanidine groups is 2. The van der Waals surface area contributed by atoms with E-state index < -0.39 is 95.5 Å². The van der Waals surface area contributed by atoms with Gasteiger partial charge in [-0.2, -0.15) is 0 Å². The van der Waals surface area contributed by atoms with Crippen LogP contribution in [-0.2, 0) is 56.0 Å². The highest BCUT2D eigenvalue weighted by Crippen LogP contribution is 2.20. The van der Waals surface area contributed by atoms with Gasteiger partial charge in [-0.1, -0.05) is 48.5 Å². The normalized spacial score (nSPS) is 21.5.